The van der Waals surface area contributed by atoms with Crippen molar-refractivity contribution in [2.24, 2.45) is 10.7 Å². The number of hydrogen-bond acceptors (Lipinski definition) is 5. The molecule has 2 rings (SSSR count). The number of esters is 1. The predicted octanol–water partition coefficient (Wildman–Crippen LogP) is 2.72. The van der Waals surface area contributed by atoms with Gasteiger partial charge in [0, 0.05) is 4.91 Å². The first-order chi connectivity index (χ1) is 9.52. The van der Waals surface area contributed by atoms with E-state index in [0.717, 1.165) is 10.5 Å². The average Bonchev–Trinajstić information content (AvgIpc) is 2.38. The van der Waals surface area contributed by atoms with E-state index in [2.05, 4.69) is 4.99 Å². The number of nitrogens with zero attached hydrogens (tertiary/aromatic N) is 1. The minimum absolute atomic E-state index is 0.341. The topological polar surface area (TPSA) is 64.7 Å². The minimum Gasteiger partial charge on any atom is -0.462 e. The van der Waals surface area contributed by atoms with Gasteiger partial charge in [0.1, 0.15) is 5.50 Å². The van der Waals surface area contributed by atoms with Crippen LogP contribution in [0.2, 0.25) is 0 Å². The normalized spacial score (nSPS) is 18.8. The Labute approximate surface area is 123 Å². The van der Waals surface area contributed by atoms with Crippen molar-refractivity contribution < 1.29 is 9.53 Å². The summed E-state index contributed by atoms with van der Waals surface area (Å²) in [4.78, 5) is 17.2. The van der Waals surface area contributed by atoms with Crippen LogP contribution < -0.4 is 5.73 Å². The van der Waals surface area contributed by atoms with Gasteiger partial charge in [-0.3, -0.25) is 4.99 Å². The van der Waals surface area contributed by atoms with E-state index in [9.17, 15) is 4.79 Å². The lowest BCUT2D eigenvalue weighted by Crippen LogP contribution is -2.24. The molecule has 2 N–H and O–H groups in total. The van der Waals surface area contributed by atoms with Gasteiger partial charge in [0.15, 0.2) is 0 Å². The van der Waals surface area contributed by atoms with Crippen molar-refractivity contribution in [1.82, 2.24) is 0 Å². The van der Waals surface area contributed by atoms with Crippen molar-refractivity contribution in [2.45, 2.75) is 26.3 Å². The summed E-state index contributed by atoms with van der Waals surface area (Å²) in [6, 6.07) is 8.00. The van der Waals surface area contributed by atoms with Crippen molar-refractivity contribution in [2.75, 3.05) is 6.61 Å². The highest BCUT2D eigenvalue weighted by Crippen LogP contribution is 2.37. The van der Waals surface area contributed by atoms with Crippen molar-refractivity contribution in [3.63, 3.8) is 0 Å². The van der Waals surface area contributed by atoms with E-state index in [-0.39, 0.29) is 11.5 Å². The van der Waals surface area contributed by atoms with Crippen LogP contribution in [-0.2, 0) is 9.53 Å². The maximum Gasteiger partial charge on any atom is 0.341 e. The molecule has 0 saturated heterocycles. The Balaban J connectivity index is 2.51. The highest BCUT2D eigenvalue weighted by molar-refractivity contribution is 8.09. The molecule has 1 unspecified atom stereocenters. The number of carbonyl (C=O) groups is 1. The average molecular weight is 290 g/mol. The molecule has 0 spiro atoms. The van der Waals surface area contributed by atoms with E-state index in [4.69, 9.17) is 10.5 Å². The summed E-state index contributed by atoms with van der Waals surface area (Å²) in [5.41, 5.74) is 8.80. The molecule has 1 aliphatic rings. The second kappa shape index (κ2) is 6.24. The van der Waals surface area contributed by atoms with E-state index in [1.165, 1.54) is 17.3 Å². The summed E-state index contributed by atoms with van der Waals surface area (Å²) in [6.45, 7) is 5.95. The van der Waals surface area contributed by atoms with Crippen LogP contribution in [0, 0.1) is 6.92 Å². The third-order valence-electron chi connectivity index (χ3n) is 2.94. The van der Waals surface area contributed by atoms with E-state index >= 15 is 0 Å². The Morgan fingerprint density at radius 2 is 2.00 bits per heavy atom. The van der Waals surface area contributed by atoms with Gasteiger partial charge in [-0.05, 0) is 26.3 Å². The molecule has 1 aliphatic heterocycles. The molecule has 1 aromatic carbocycles. The number of hydrogen-bond donors (Lipinski definition) is 1. The lowest BCUT2D eigenvalue weighted by atomic mass is 10.1. The second-order valence-electron chi connectivity index (χ2n) is 4.51. The maximum absolute atomic E-state index is 12.2. The van der Waals surface area contributed by atoms with Crippen LogP contribution in [0.3, 0.4) is 0 Å². The van der Waals surface area contributed by atoms with Crippen LogP contribution in [0.1, 0.15) is 25.0 Å². The van der Waals surface area contributed by atoms with Gasteiger partial charge >= 0.3 is 5.97 Å². The molecule has 0 saturated carbocycles. The SMILES string of the molecule is CCOC(=O)C1=C(c2ccc(C)cc2)SC(N)N=C1C. The van der Waals surface area contributed by atoms with E-state index < -0.39 is 0 Å². The Morgan fingerprint density at radius 3 is 2.60 bits per heavy atom. The van der Waals surface area contributed by atoms with Crippen LogP contribution in [0.25, 0.3) is 4.91 Å². The third kappa shape index (κ3) is 3.11. The molecule has 4 nitrogen and oxygen atoms in total. The Kier molecular flexibility index (Phi) is 4.62. The molecule has 20 heavy (non-hydrogen) atoms. The zero-order valence-corrected chi connectivity index (χ0v) is 12.7. The molecule has 0 fully saturated rings. The van der Waals surface area contributed by atoms with Crippen LogP contribution in [-0.4, -0.2) is 23.8 Å². The van der Waals surface area contributed by atoms with Gasteiger partial charge < -0.3 is 10.5 Å². The number of carbonyl (C=O) groups excluding carboxylic acids is 1. The van der Waals surface area contributed by atoms with E-state index in [0.29, 0.717) is 17.9 Å². The first kappa shape index (κ1) is 14.8. The summed E-state index contributed by atoms with van der Waals surface area (Å²) < 4.78 is 5.13. The molecule has 1 aromatic rings. The molecule has 0 aliphatic carbocycles. The standard InChI is InChI=1S/C15H18N2O2S/c1-4-19-14(18)12-10(3)17-15(16)20-13(12)11-7-5-9(2)6-8-11/h5-8,15H,4,16H2,1-3H3. The summed E-state index contributed by atoms with van der Waals surface area (Å²) in [7, 11) is 0. The van der Waals surface area contributed by atoms with E-state index in [1.54, 1.807) is 13.8 Å². The number of thioether (sulfide) groups is 1. The van der Waals surface area contributed by atoms with Crippen LogP contribution >= 0.6 is 11.8 Å². The number of nitrogens with two attached hydrogens (primary N) is 1. The van der Waals surface area contributed by atoms with Gasteiger partial charge in [0.05, 0.1) is 17.9 Å². The Morgan fingerprint density at radius 1 is 1.35 bits per heavy atom. The highest BCUT2D eigenvalue weighted by atomic mass is 32.2. The Hall–Kier alpha value is -1.59. The second-order valence-corrected chi connectivity index (χ2v) is 5.64. The monoisotopic (exact) mass is 290 g/mol. The van der Waals surface area contributed by atoms with Gasteiger partial charge in [-0.1, -0.05) is 41.6 Å². The maximum atomic E-state index is 12.2. The predicted molar refractivity (Wildman–Crippen MR) is 83.4 cm³/mol. The van der Waals surface area contributed by atoms with Gasteiger partial charge in [-0.2, -0.15) is 0 Å². The molecule has 106 valence electrons. The summed E-state index contributed by atoms with van der Waals surface area (Å²) in [5, 5.41) is 0. The van der Waals surface area contributed by atoms with Gasteiger partial charge in [-0.15, -0.1) is 0 Å². The molecule has 1 atom stereocenters. The molecular weight excluding hydrogens is 272 g/mol. The fraction of sp³-hybridized carbons (Fsp3) is 0.333. The molecule has 0 radical (unpaired) electrons. The van der Waals surface area contributed by atoms with Crippen molar-refractivity contribution in [3.05, 3.63) is 41.0 Å². The smallest absolute Gasteiger partial charge is 0.341 e. The number of ether oxygens (including phenoxy) is 1. The summed E-state index contributed by atoms with van der Waals surface area (Å²) in [5.74, 6) is -0.344. The number of aryl methyl sites for hydroxylation is 1. The molecular formula is C15H18N2O2S. The number of benzene rings is 1. The molecule has 5 heteroatoms. The van der Waals surface area contributed by atoms with Crippen molar-refractivity contribution >= 4 is 28.3 Å². The van der Waals surface area contributed by atoms with Crippen LogP contribution in [0.4, 0.5) is 0 Å². The fourth-order valence-corrected chi connectivity index (χ4v) is 3.06. The quantitative estimate of drug-likeness (QED) is 0.869. The van der Waals surface area contributed by atoms with Gasteiger partial charge in [-0.25, -0.2) is 4.79 Å². The van der Waals surface area contributed by atoms with Gasteiger partial charge in [0.25, 0.3) is 0 Å². The molecule has 0 amide bonds. The minimum atomic E-state index is -0.385. The molecule has 0 aromatic heterocycles. The van der Waals surface area contributed by atoms with Crippen molar-refractivity contribution in [3.8, 4) is 0 Å². The first-order valence-electron chi connectivity index (χ1n) is 6.48. The lowest BCUT2D eigenvalue weighted by molar-refractivity contribution is -0.137. The number of rotatable bonds is 3. The first-order valence-corrected chi connectivity index (χ1v) is 7.36. The van der Waals surface area contributed by atoms with Gasteiger partial charge in [0.2, 0.25) is 0 Å². The highest BCUT2D eigenvalue weighted by Gasteiger charge is 2.27. The summed E-state index contributed by atoms with van der Waals surface area (Å²) in [6.07, 6.45) is 0. The van der Waals surface area contributed by atoms with Crippen LogP contribution in [0.15, 0.2) is 34.8 Å². The fourth-order valence-electron chi connectivity index (χ4n) is 1.99. The Bertz CT molecular complexity index is 576. The van der Waals surface area contributed by atoms with Crippen molar-refractivity contribution in [1.29, 1.82) is 0 Å². The molecule has 1 heterocycles. The summed E-state index contributed by atoms with van der Waals surface area (Å²) >= 11 is 1.38. The van der Waals surface area contributed by atoms with Crippen LogP contribution in [0.5, 0.6) is 0 Å². The largest absolute Gasteiger partial charge is 0.462 e. The molecule has 0 bridgehead atoms. The number of aliphatic imine (C=N–C) groups is 1. The lowest BCUT2D eigenvalue weighted by Gasteiger charge is -2.21. The zero-order chi connectivity index (χ0) is 14.7. The third-order valence-corrected chi connectivity index (χ3v) is 3.96. The zero-order valence-electron chi connectivity index (χ0n) is 11.8. The van der Waals surface area contributed by atoms with E-state index in [1.807, 2.05) is 31.2 Å².